The van der Waals surface area contributed by atoms with Crippen LogP contribution in [0.15, 0.2) is 65.7 Å². The molecular formula is C22H21N3O5S. The van der Waals surface area contributed by atoms with Gasteiger partial charge in [0, 0.05) is 30.2 Å². The number of ether oxygens (including phenoxy) is 1. The Balaban J connectivity index is 1.47. The Bertz CT molecular complexity index is 1240. The first-order chi connectivity index (χ1) is 14.8. The standard InChI is InChI=1S/C22H21N3O5S/c1-15(18-12-17-4-2-3-5-20(17)24-13-18)30-22(27)16-6-8-19(9-7-16)31(28,29)25-11-10-23-21(26)14-25/h2-9,12-13,15H,10-11,14H2,1H3,(H,23,26). The third-order valence-electron chi connectivity index (χ3n) is 5.10. The van der Waals surface area contributed by atoms with Crippen LogP contribution in [-0.4, -0.2) is 49.2 Å². The molecule has 0 saturated carbocycles. The molecule has 1 amide bonds. The molecule has 2 aromatic carbocycles. The van der Waals surface area contributed by atoms with Crippen LogP contribution >= 0.6 is 0 Å². The maximum atomic E-state index is 12.7. The monoisotopic (exact) mass is 439 g/mol. The number of pyridine rings is 1. The normalized spacial score (nSPS) is 16.0. The predicted molar refractivity (Wildman–Crippen MR) is 114 cm³/mol. The van der Waals surface area contributed by atoms with Gasteiger partial charge >= 0.3 is 5.97 Å². The number of rotatable bonds is 5. The molecule has 3 aromatic rings. The Morgan fingerprint density at radius 3 is 2.65 bits per heavy atom. The molecule has 1 unspecified atom stereocenters. The summed E-state index contributed by atoms with van der Waals surface area (Å²) in [6, 6.07) is 15.1. The largest absolute Gasteiger partial charge is 0.454 e. The summed E-state index contributed by atoms with van der Waals surface area (Å²) in [7, 11) is -3.81. The second-order valence-corrected chi connectivity index (χ2v) is 9.16. The van der Waals surface area contributed by atoms with Gasteiger partial charge in [-0.3, -0.25) is 9.78 Å². The minimum atomic E-state index is -3.81. The molecule has 1 saturated heterocycles. The zero-order valence-electron chi connectivity index (χ0n) is 16.8. The summed E-state index contributed by atoms with van der Waals surface area (Å²) in [6.07, 6.45) is 1.14. The number of hydrogen-bond acceptors (Lipinski definition) is 6. The maximum absolute atomic E-state index is 12.7. The lowest BCUT2D eigenvalue weighted by atomic mass is 10.1. The van der Waals surface area contributed by atoms with Gasteiger partial charge in [0.15, 0.2) is 0 Å². The number of nitrogens with zero attached hydrogens (tertiary/aromatic N) is 2. The molecule has 0 bridgehead atoms. The van der Waals surface area contributed by atoms with Gasteiger partial charge in [-0.05, 0) is 43.3 Å². The molecule has 160 valence electrons. The van der Waals surface area contributed by atoms with Crippen molar-refractivity contribution in [3.05, 3.63) is 71.9 Å². The van der Waals surface area contributed by atoms with Gasteiger partial charge in [0.05, 0.1) is 22.5 Å². The third-order valence-corrected chi connectivity index (χ3v) is 6.96. The zero-order chi connectivity index (χ0) is 22.0. The van der Waals surface area contributed by atoms with Crippen molar-refractivity contribution in [2.75, 3.05) is 19.6 Å². The van der Waals surface area contributed by atoms with E-state index in [0.717, 1.165) is 20.8 Å². The number of esters is 1. The second-order valence-electron chi connectivity index (χ2n) is 7.22. The topological polar surface area (TPSA) is 106 Å². The number of sulfonamides is 1. The van der Waals surface area contributed by atoms with Crippen LogP contribution in [0.25, 0.3) is 10.9 Å². The summed E-state index contributed by atoms with van der Waals surface area (Å²) in [4.78, 5) is 28.4. The van der Waals surface area contributed by atoms with Crippen molar-refractivity contribution in [2.45, 2.75) is 17.9 Å². The molecule has 0 aliphatic carbocycles. The average molecular weight is 439 g/mol. The van der Waals surface area contributed by atoms with Crippen molar-refractivity contribution < 1.29 is 22.7 Å². The van der Waals surface area contributed by atoms with Crippen molar-refractivity contribution in [2.24, 2.45) is 0 Å². The number of piperazine rings is 1. The van der Waals surface area contributed by atoms with E-state index >= 15 is 0 Å². The van der Waals surface area contributed by atoms with Crippen LogP contribution < -0.4 is 5.32 Å². The number of hydrogen-bond donors (Lipinski definition) is 1. The van der Waals surface area contributed by atoms with Crippen LogP contribution in [0.4, 0.5) is 0 Å². The lowest BCUT2D eigenvalue weighted by Gasteiger charge is -2.25. The Kier molecular flexibility index (Phi) is 5.71. The molecule has 0 radical (unpaired) electrons. The van der Waals surface area contributed by atoms with Gasteiger partial charge in [-0.25, -0.2) is 13.2 Å². The fourth-order valence-corrected chi connectivity index (χ4v) is 4.74. The maximum Gasteiger partial charge on any atom is 0.338 e. The van der Waals surface area contributed by atoms with E-state index in [1.54, 1.807) is 13.1 Å². The molecule has 31 heavy (non-hydrogen) atoms. The van der Waals surface area contributed by atoms with Gasteiger partial charge in [0.2, 0.25) is 15.9 Å². The minimum Gasteiger partial charge on any atom is -0.454 e. The third kappa shape index (κ3) is 4.42. The number of fused-ring (bicyclic) bond motifs is 1. The van der Waals surface area contributed by atoms with Crippen molar-refractivity contribution in [1.29, 1.82) is 0 Å². The first-order valence-corrected chi connectivity index (χ1v) is 11.2. The number of benzene rings is 2. The molecule has 9 heteroatoms. The van der Waals surface area contributed by atoms with E-state index in [9.17, 15) is 18.0 Å². The van der Waals surface area contributed by atoms with Crippen LogP contribution in [0.5, 0.6) is 0 Å². The lowest BCUT2D eigenvalue weighted by molar-refractivity contribution is -0.122. The van der Waals surface area contributed by atoms with E-state index in [1.165, 1.54) is 24.3 Å². The van der Waals surface area contributed by atoms with Crippen LogP contribution in [-0.2, 0) is 19.6 Å². The highest BCUT2D eigenvalue weighted by atomic mass is 32.2. The SMILES string of the molecule is CC(OC(=O)c1ccc(S(=O)(=O)N2CCNC(=O)C2)cc1)c1cnc2ccccc2c1. The summed E-state index contributed by atoms with van der Waals surface area (Å²) in [6.45, 7) is 2.01. The first-order valence-electron chi connectivity index (χ1n) is 9.77. The van der Waals surface area contributed by atoms with E-state index in [1.807, 2.05) is 30.3 Å². The highest BCUT2D eigenvalue weighted by molar-refractivity contribution is 7.89. The highest BCUT2D eigenvalue weighted by Gasteiger charge is 2.29. The highest BCUT2D eigenvalue weighted by Crippen LogP contribution is 2.23. The van der Waals surface area contributed by atoms with Gasteiger partial charge in [0.1, 0.15) is 6.10 Å². The Labute approximate surface area is 179 Å². The van der Waals surface area contributed by atoms with Gasteiger partial charge < -0.3 is 10.1 Å². The van der Waals surface area contributed by atoms with Crippen molar-refractivity contribution in [1.82, 2.24) is 14.6 Å². The molecule has 8 nitrogen and oxygen atoms in total. The van der Waals surface area contributed by atoms with Crippen LogP contribution in [0.3, 0.4) is 0 Å². The smallest absolute Gasteiger partial charge is 0.338 e. The number of carbonyl (C=O) groups is 2. The molecule has 1 N–H and O–H groups in total. The minimum absolute atomic E-state index is 0.0190. The van der Waals surface area contributed by atoms with Gasteiger partial charge in [-0.15, -0.1) is 0 Å². The molecule has 1 atom stereocenters. The van der Waals surface area contributed by atoms with Crippen molar-refractivity contribution in [3.63, 3.8) is 0 Å². The van der Waals surface area contributed by atoms with Crippen LogP contribution in [0.1, 0.15) is 28.9 Å². The van der Waals surface area contributed by atoms with E-state index in [-0.39, 0.29) is 36.0 Å². The molecule has 2 heterocycles. The van der Waals surface area contributed by atoms with Gasteiger partial charge in [-0.1, -0.05) is 18.2 Å². The summed E-state index contributed by atoms with van der Waals surface area (Å²) in [5, 5.41) is 3.54. The van der Waals surface area contributed by atoms with Crippen molar-refractivity contribution >= 4 is 32.8 Å². The number of nitrogens with one attached hydrogen (secondary N) is 1. The fraction of sp³-hybridized carbons (Fsp3) is 0.227. The van der Waals surface area contributed by atoms with Gasteiger partial charge in [0.25, 0.3) is 0 Å². The second kappa shape index (κ2) is 8.44. The quantitative estimate of drug-likeness (QED) is 0.612. The Morgan fingerprint density at radius 2 is 1.90 bits per heavy atom. The Morgan fingerprint density at radius 1 is 1.16 bits per heavy atom. The van der Waals surface area contributed by atoms with Crippen LogP contribution in [0.2, 0.25) is 0 Å². The van der Waals surface area contributed by atoms with Crippen molar-refractivity contribution in [3.8, 4) is 0 Å². The first kappa shape index (κ1) is 21.0. The molecule has 1 aliphatic rings. The van der Waals surface area contributed by atoms with E-state index in [2.05, 4.69) is 10.3 Å². The molecule has 1 aliphatic heterocycles. The number of amides is 1. The fourth-order valence-electron chi connectivity index (χ4n) is 3.34. The summed E-state index contributed by atoms with van der Waals surface area (Å²) >= 11 is 0. The molecule has 0 spiro atoms. The number of carbonyl (C=O) groups excluding carboxylic acids is 2. The summed E-state index contributed by atoms with van der Waals surface area (Å²) < 4.78 is 32.1. The molecule has 1 fully saturated rings. The molecule has 4 rings (SSSR count). The molecule has 1 aromatic heterocycles. The van der Waals surface area contributed by atoms with E-state index < -0.39 is 22.1 Å². The number of para-hydroxylation sites is 1. The Hall–Kier alpha value is -3.30. The number of aromatic nitrogens is 1. The average Bonchev–Trinajstić information content (AvgIpc) is 2.78. The summed E-state index contributed by atoms with van der Waals surface area (Å²) in [5.74, 6) is -0.908. The summed E-state index contributed by atoms with van der Waals surface area (Å²) in [5.41, 5.74) is 1.85. The van der Waals surface area contributed by atoms with E-state index in [0.29, 0.717) is 0 Å². The predicted octanol–water partition coefficient (Wildman–Crippen LogP) is 2.27. The molecular weight excluding hydrogens is 418 g/mol. The van der Waals surface area contributed by atoms with Gasteiger partial charge in [-0.2, -0.15) is 4.31 Å². The lowest BCUT2D eigenvalue weighted by Crippen LogP contribution is -2.49. The van der Waals surface area contributed by atoms with Crippen LogP contribution in [0, 0.1) is 0 Å². The zero-order valence-corrected chi connectivity index (χ0v) is 17.6. The van der Waals surface area contributed by atoms with E-state index in [4.69, 9.17) is 4.74 Å².